The van der Waals surface area contributed by atoms with E-state index >= 15 is 0 Å². The van der Waals surface area contributed by atoms with Crippen molar-refractivity contribution in [3.8, 4) is 0 Å². The van der Waals surface area contributed by atoms with Gasteiger partial charge in [0, 0.05) is 25.2 Å². The number of aromatic nitrogens is 4. The fraction of sp³-hybridized carbons (Fsp3) is 0.571. The number of nitrogens with zero attached hydrogens (tertiary/aromatic N) is 3. The molecule has 190 valence electrons. The van der Waals surface area contributed by atoms with Gasteiger partial charge < -0.3 is 15.6 Å². The van der Waals surface area contributed by atoms with Crippen LogP contribution >= 0.6 is 0 Å². The van der Waals surface area contributed by atoms with Crippen molar-refractivity contribution >= 4 is 22.8 Å². The van der Waals surface area contributed by atoms with Crippen molar-refractivity contribution < 1.29 is 9.59 Å². The normalized spacial score (nSPS) is 22.0. The molecule has 2 saturated carbocycles. The Balaban J connectivity index is 1.31. The number of H-pyrrole nitrogens is 1. The van der Waals surface area contributed by atoms with E-state index in [9.17, 15) is 9.59 Å². The lowest BCUT2D eigenvalue weighted by Crippen LogP contribution is -2.38. The van der Waals surface area contributed by atoms with Crippen LogP contribution in [0, 0.1) is 23.7 Å². The van der Waals surface area contributed by atoms with Gasteiger partial charge >= 0.3 is 0 Å². The molecule has 1 saturated heterocycles. The number of amides is 2. The highest BCUT2D eigenvalue weighted by Gasteiger charge is 2.47. The molecule has 3 atom stereocenters. The van der Waals surface area contributed by atoms with Gasteiger partial charge in [-0.3, -0.25) is 14.3 Å². The zero-order chi connectivity index (χ0) is 24.8. The van der Waals surface area contributed by atoms with E-state index < -0.39 is 0 Å². The van der Waals surface area contributed by atoms with Crippen molar-refractivity contribution in [2.24, 2.45) is 23.7 Å². The molecule has 3 aromatic rings. The van der Waals surface area contributed by atoms with E-state index in [4.69, 9.17) is 4.98 Å². The van der Waals surface area contributed by atoms with Crippen LogP contribution in [-0.2, 0) is 11.3 Å². The molecule has 3 aliphatic rings. The van der Waals surface area contributed by atoms with Crippen LogP contribution in [0.1, 0.15) is 86.2 Å². The van der Waals surface area contributed by atoms with Crippen molar-refractivity contribution in [1.82, 2.24) is 30.4 Å². The lowest BCUT2D eigenvalue weighted by molar-refractivity contribution is -0.127. The molecule has 6 rings (SSSR count). The molecule has 8 heteroatoms. The van der Waals surface area contributed by atoms with Gasteiger partial charge in [-0.25, -0.2) is 4.98 Å². The molecule has 8 nitrogen and oxygen atoms in total. The third kappa shape index (κ3) is 4.42. The zero-order valence-corrected chi connectivity index (χ0v) is 21.2. The van der Waals surface area contributed by atoms with Crippen LogP contribution < -0.4 is 10.6 Å². The van der Waals surface area contributed by atoms with E-state index in [1.54, 1.807) is 16.9 Å². The Hall–Kier alpha value is -3.16. The summed E-state index contributed by atoms with van der Waals surface area (Å²) in [5, 5.41) is 10.7. The molecule has 0 bridgehead atoms. The summed E-state index contributed by atoms with van der Waals surface area (Å²) in [6.45, 7) is 5.57. The summed E-state index contributed by atoms with van der Waals surface area (Å²) in [6.07, 6.45) is 8.55. The minimum atomic E-state index is -0.157. The number of hydrogen-bond acceptors (Lipinski definition) is 4. The highest BCUT2D eigenvalue weighted by molar-refractivity contribution is 5.92. The second-order valence-electron chi connectivity index (χ2n) is 11.0. The molecule has 2 aromatic heterocycles. The third-order valence-corrected chi connectivity index (χ3v) is 8.53. The van der Waals surface area contributed by atoms with Crippen LogP contribution in [-0.4, -0.2) is 38.1 Å². The van der Waals surface area contributed by atoms with Gasteiger partial charge in [0.2, 0.25) is 5.91 Å². The first-order valence-electron chi connectivity index (χ1n) is 13.6. The van der Waals surface area contributed by atoms with Gasteiger partial charge in [-0.05, 0) is 92.9 Å². The fourth-order valence-electron chi connectivity index (χ4n) is 6.21. The van der Waals surface area contributed by atoms with Gasteiger partial charge in [0.1, 0.15) is 11.5 Å². The summed E-state index contributed by atoms with van der Waals surface area (Å²) in [5.74, 6) is 2.73. The second kappa shape index (κ2) is 9.37. The van der Waals surface area contributed by atoms with Crippen LogP contribution in [0.5, 0.6) is 0 Å². The number of rotatable bonds is 9. The Morgan fingerprint density at radius 3 is 2.64 bits per heavy atom. The molecule has 2 unspecified atom stereocenters. The number of carbonyl (C=O) groups excluding carboxylic acids is 2. The van der Waals surface area contributed by atoms with E-state index in [1.165, 1.54) is 25.7 Å². The molecule has 2 aliphatic carbocycles. The largest absolute Gasteiger partial charge is 0.356 e. The van der Waals surface area contributed by atoms with Gasteiger partial charge in [0.15, 0.2) is 0 Å². The summed E-state index contributed by atoms with van der Waals surface area (Å²) in [5.41, 5.74) is 3.60. The van der Waals surface area contributed by atoms with Crippen molar-refractivity contribution in [3.63, 3.8) is 0 Å². The molecule has 3 N–H and O–H groups in total. The maximum Gasteiger partial charge on any atom is 0.270 e. The Bertz CT molecular complexity index is 1260. The van der Waals surface area contributed by atoms with E-state index in [0.717, 1.165) is 41.8 Å². The SMILES string of the molecule is CCn1nccc1C(=O)N[C@H](c1nc2ccc(C(C)C3CCCNC3=O)cc2[nH]1)C(C1CC1)C1CC1. The van der Waals surface area contributed by atoms with Crippen LogP contribution in [0.4, 0.5) is 0 Å². The predicted molar refractivity (Wildman–Crippen MR) is 137 cm³/mol. The molecule has 3 fully saturated rings. The van der Waals surface area contributed by atoms with Crippen LogP contribution in [0.2, 0.25) is 0 Å². The summed E-state index contributed by atoms with van der Waals surface area (Å²) >= 11 is 0. The third-order valence-electron chi connectivity index (χ3n) is 8.53. The summed E-state index contributed by atoms with van der Waals surface area (Å²) < 4.78 is 1.74. The Kier molecular flexibility index (Phi) is 6.05. The van der Waals surface area contributed by atoms with E-state index in [-0.39, 0.29) is 29.7 Å². The van der Waals surface area contributed by atoms with Crippen LogP contribution in [0.25, 0.3) is 11.0 Å². The first kappa shape index (κ1) is 23.3. The molecular formula is C28H36N6O2. The van der Waals surface area contributed by atoms with E-state index in [2.05, 4.69) is 45.8 Å². The topological polar surface area (TPSA) is 105 Å². The first-order valence-corrected chi connectivity index (χ1v) is 13.6. The van der Waals surface area contributed by atoms with Gasteiger partial charge in [-0.15, -0.1) is 0 Å². The standard InChI is InChI=1S/C28H36N6O2/c1-3-34-23(12-14-30-34)28(36)33-25(24(17-6-7-17)18-8-9-18)26-31-21-11-10-19(15-22(21)32-26)16(2)20-5-4-13-29-27(20)35/h10-12,14-18,20,24-25H,3-9,13H2,1-2H3,(H,29,35)(H,31,32)(H,33,36)/t16?,20?,25-/m0/s1. The summed E-state index contributed by atoms with van der Waals surface area (Å²) in [6, 6.07) is 7.93. The van der Waals surface area contributed by atoms with Gasteiger partial charge in [0.25, 0.3) is 5.91 Å². The molecule has 36 heavy (non-hydrogen) atoms. The van der Waals surface area contributed by atoms with Crippen LogP contribution in [0.3, 0.4) is 0 Å². The number of piperidine rings is 1. The van der Waals surface area contributed by atoms with Crippen LogP contribution in [0.15, 0.2) is 30.5 Å². The number of benzene rings is 1. The smallest absolute Gasteiger partial charge is 0.270 e. The van der Waals surface area contributed by atoms with E-state index in [0.29, 0.717) is 30.0 Å². The number of fused-ring (bicyclic) bond motifs is 1. The molecule has 1 aromatic carbocycles. The highest BCUT2D eigenvalue weighted by atomic mass is 16.2. The van der Waals surface area contributed by atoms with Gasteiger partial charge in [-0.2, -0.15) is 5.10 Å². The molecule has 2 amide bonds. The average Bonchev–Trinajstić information content (AvgIpc) is 3.81. The number of carbonyl (C=O) groups is 2. The van der Waals surface area contributed by atoms with Gasteiger partial charge in [0.05, 0.1) is 17.1 Å². The summed E-state index contributed by atoms with van der Waals surface area (Å²) in [7, 11) is 0. The summed E-state index contributed by atoms with van der Waals surface area (Å²) in [4.78, 5) is 34.4. The minimum absolute atomic E-state index is 0.00292. The Morgan fingerprint density at radius 2 is 1.94 bits per heavy atom. The second-order valence-corrected chi connectivity index (χ2v) is 11.0. The van der Waals surface area contributed by atoms with Crippen molar-refractivity contribution in [2.75, 3.05) is 6.54 Å². The molecule has 1 aliphatic heterocycles. The fourth-order valence-corrected chi connectivity index (χ4v) is 6.21. The molecule has 3 heterocycles. The average molecular weight is 489 g/mol. The highest BCUT2D eigenvalue weighted by Crippen LogP contribution is 2.54. The molecule has 0 spiro atoms. The lowest BCUT2D eigenvalue weighted by atomic mass is 9.82. The van der Waals surface area contributed by atoms with Crippen molar-refractivity contribution in [3.05, 3.63) is 47.5 Å². The predicted octanol–water partition coefficient (Wildman–Crippen LogP) is 4.32. The number of nitrogens with one attached hydrogen (secondary N) is 3. The number of hydrogen-bond donors (Lipinski definition) is 3. The maximum atomic E-state index is 13.4. The maximum absolute atomic E-state index is 13.4. The lowest BCUT2D eigenvalue weighted by Gasteiger charge is -2.27. The van der Waals surface area contributed by atoms with Gasteiger partial charge in [-0.1, -0.05) is 13.0 Å². The minimum Gasteiger partial charge on any atom is -0.356 e. The molecule has 0 radical (unpaired) electrons. The Morgan fingerprint density at radius 1 is 1.17 bits per heavy atom. The zero-order valence-electron chi connectivity index (χ0n) is 21.2. The quantitative estimate of drug-likeness (QED) is 0.417. The number of aromatic amines is 1. The number of aryl methyl sites for hydroxylation is 1. The van der Waals surface area contributed by atoms with Crippen molar-refractivity contribution in [2.45, 2.75) is 70.9 Å². The first-order chi connectivity index (χ1) is 17.5. The van der Waals surface area contributed by atoms with E-state index in [1.807, 2.05) is 6.92 Å². The molecular weight excluding hydrogens is 452 g/mol. The number of imidazole rings is 1. The Labute approximate surface area is 211 Å². The van der Waals surface area contributed by atoms with Crippen molar-refractivity contribution in [1.29, 1.82) is 0 Å². The monoisotopic (exact) mass is 488 g/mol.